The van der Waals surface area contributed by atoms with Gasteiger partial charge >= 0.3 is 0 Å². The fourth-order valence-electron chi connectivity index (χ4n) is 3.46. The number of pyridine rings is 1. The van der Waals surface area contributed by atoms with Crippen molar-refractivity contribution in [3.05, 3.63) is 71.8 Å². The second-order valence-electron chi connectivity index (χ2n) is 7.36. The van der Waals surface area contributed by atoms with Crippen molar-refractivity contribution in [2.24, 2.45) is 0 Å². The van der Waals surface area contributed by atoms with E-state index in [4.69, 9.17) is 4.74 Å². The number of aromatic nitrogens is 3. The number of rotatable bonds is 6. The molecule has 164 valence electrons. The van der Waals surface area contributed by atoms with Gasteiger partial charge in [-0.3, -0.25) is 4.72 Å². The molecule has 0 amide bonds. The predicted octanol–water partition coefficient (Wildman–Crippen LogP) is 4.50. The van der Waals surface area contributed by atoms with Gasteiger partial charge in [-0.05, 0) is 57.2 Å². The lowest BCUT2D eigenvalue weighted by Crippen LogP contribution is -2.14. The first-order valence-electron chi connectivity index (χ1n) is 9.92. The zero-order chi connectivity index (χ0) is 22.9. The summed E-state index contributed by atoms with van der Waals surface area (Å²) >= 11 is 0. The molecule has 0 radical (unpaired) electrons. The first kappa shape index (κ1) is 21.5. The summed E-state index contributed by atoms with van der Waals surface area (Å²) in [6, 6.07) is 15.8. The molecular formula is C23H23N5O3S. The molecule has 0 saturated carbocycles. The zero-order valence-electron chi connectivity index (χ0n) is 18.2. The molecule has 8 nitrogen and oxygen atoms in total. The number of hydrogen-bond donors (Lipinski definition) is 2. The monoisotopic (exact) mass is 449 g/mol. The Morgan fingerprint density at radius 3 is 2.28 bits per heavy atom. The van der Waals surface area contributed by atoms with Crippen LogP contribution in [0, 0.1) is 20.8 Å². The summed E-state index contributed by atoms with van der Waals surface area (Å²) in [6.07, 6.45) is 0. The lowest BCUT2D eigenvalue weighted by atomic mass is 10.1. The van der Waals surface area contributed by atoms with Crippen LogP contribution in [0.3, 0.4) is 0 Å². The van der Waals surface area contributed by atoms with E-state index in [1.165, 1.54) is 0 Å². The Kier molecular flexibility index (Phi) is 5.67. The van der Waals surface area contributed by atoms with E-state index in [1.807, 2.05) is 31.2 Å². The fraction of sp³-hybridized carbons (Fsp3) is 0.174. The van der Waals surface area contributed by atoms with Crippen LogP contribution in [0.4, 0.5) is 17.2 Å². The molecule has 4 aromatic rings. The van der Waals surface area contributed by atoms with Crippen molar-refractivity contribution >= 4 is 38.1 Å². The Balaban J connectivity index is 1.61. The number of nitrogens with one attached hydrogen (secondary N) is 2. The van der Waals surface area contributed by atoms with Gasteiger partial charge in [0.2, 0.25) is 0 Å². The third-order valence-corrected chi connectivity index (χ3v) is 6.17. The largest absolute Gasteiger partial charge is 0.494 e. The topological polar surface area (TPSA) is 106 Å². The van der Waals surface area contributed by atoms with Crippen molar-refractivity contribution in [1.29, 1.82) is 0 Å². The molecule has 0 aliphatic heterocycles. The third-order valence-electron chi connectivity index (χ3n) is 4.80. The lowest BCUT2D eigenvalue weighted by molar-refractivity contribution is 0.419. The van der Waals surface area contributed by atoms with Crippen molar-refractivity contribution in [3.8, 4) is 5.75 Å². The summed E-state index contributed by atoms with van der Waals surface area (Å²) in [5.41, 5.74) is 3.88. The quantitative estimate of drug-likeness (QED) is 0.446. The van der Waals surface area contributed by atoms with Crippen LogP contribution in [0.1, 0.15) is 17.2 Å². The highest BCUT2D eigenvalue weighted by molar-refractivity contribution is 7.92. The Bertz CT molecular complexity index is 1380. The van der Waals surface area contributed by atoms with Crippen molar-refractivity contribution in [2.45, 2.75) is 25.7 Å². The number of ether oxygens (including phenoxy) is 1. The summed E-state index contributed by atoms with van der Waals surface area (Å²) < 4.78 is 33.5. The molecular weight excluding hydrogens is 426 g/mol. The molecule has 2 aromatic carbocycles. The smallest absolute Gasteiger partial charge is 0.263 e. The molecule has 2 aromatic heterocycles. The summed E-state index contributed by atoms with van der Waals surface area (Å²) in [4.78, 5) is 13.0. The van der Waals surface area contributed by atoms with Gasteiger partial charge in [0.25, 0.3) is 10.0 Å². The first-order chi connectivity index (χ1) is 15.2. The fourth-order valence-corrected chi connectivity index (χ4v) is 4.45. The van der Waals surface area contributed by atoms with Crippen LogP contribution >= 0.6 is 0 Å². The highest BCUT2D eigenvalue weighted by atomic mass is 32.2. The molecule has 4 rings (SSSR count). The van der Waals surface area contributed by atoms with E-state index in [9.17, 15) is 8.42 Å². The second-order valence-corrected chi connectivity index (χ2v) is 9.05. The number of methoxy groups -OCH3 is 1. The average molecular weight is 450 g/mol. The molecule has 0 aliphatic rings. The highest BCUT2D eigenvalue weighted by Gasteiger charge is 2.16. The molecule has 9 heteroatoms. The molecule has 2 heterocycles. The summed E-state index contributed by atoms with van der Waals surface area (Å²) in [7, 11) is -2.17. The third kappa shape index (κ3) is 4.47. The molecule has 0 spiro atoms. The van der Waals surface area contributed by atoms with Gasteiger partial charge in [0.1, 0.15) is 22.9 Å². The maximum absolute atomic E-state index is 12.8. The molecule has 0 saturated heterocycles. The molecule has 0 unspecified atom stereocenters. The van der Waals surface area contributed by atoms with E-state index in [1.54, 1.807) is 51.3 Å². The van der Waals surface area contributed by atoms with E-state index in [0.29, 0.717) is 17.3 Å². The second kappa shape index (κ2) is 8.43. The van der Waals surface area contributed by atoms with Gasteiger partial charge in [0.05, 0.1) is 12.0 Å². The van der Waals surface area contributed by atoms with Gasteiger partial charge in [-0.1, -0.05) is 12.1 Å². The Morgan fingerprint density at radius 2 is 1.59 bits per heavy atom. The average Bonchev–Trinajstić information content (AvgIpc) is 2.72. The maximum Gasteiger partial charge on any atom is 0.263 e. The standard InChI is InChI=1S/C23H23N5O3S/c1-14-12-20(19-6-5-7-21(31-4)23(19)25-14)27-17-8-10-18(11-9-17)32(29,30)28-22-13-15(2)24-16(3)26-22/h5-13H,1-4H3,(H,25,27)(H,24,26,28). The van der Waals surface area contributed by atoms with E-state index in [-0.39, 0.29) is 10.7 Å². The Morgan fingerprint density at radius 1 is 0.875 bits per heavy atom. The minimum Gasteiger partial charge on any atom is -0.494 e. The summed E-state index contributed by atoms with van der Waals surface area (Å²) in [6.45, 7) is 5.41. The maximum atomic E-state index is 12.8. The van der Waals surface area contributed by atoms with Crippen LogP contribution < -0.4 is 14.8 Å². The van der Waals surface area contributed by atoms with Gasteiger partial charge in [0, 0.05) is 34.2 Å². The van der Waals surface area contributed by atoms with Crippen molar-refractivity contribution in [1.82, 2.24) is 15.0 Å². The normalized spacial score (nSPS) is 11.4. The predicted molar refractivity (Wildman–Crippen MR) is 125 cm³/mol. The Hall–Kier alpha value is -3.72. The number of sulfonamides is 1. The van der Waals surface area contributed by atoms with E-state index >= 15 is 0 Å². The van der Waals surface area contributed by atoms with Crippen LogP contribution in [0.2, 0.25) is 0 Å². The van der Waals surface area contributed by atoms with E-state index < -0.39 is 10.0 Å². The molecule has 0 bridgehead atoms. The van der Waals surface area contributed by atoms with Crippen molar-refractivity contribution in [2.75, 3.05) is 17.1 Å². The zero-order valence-corrected chi connectivity index (χ0v) is 19.0. The van der Waals surface area contributed by atoms with Crippen molar-refractivity contribution < 1.29 is 13.2 Å². The van der Waals surface area contributed by atoms with E-state index in [0.717, 1.165) is 28.0 Å². The first-order valence-corrected chi connectivity index (χ1v) is 11.4. The Labute approximate surface area is 186 Å². The molecule has 0 atom stereocenters. The number of para-hydroxylation sites is 1. The minimum absolute atomic E-state index is 0.134. The van der Waals surface area contributed by atoms with E-state index in [2.05, 4.69) is 25.0 Å². The summed E-state index contributed by atoms with van der Waals surface area (Å²) in [5, 5.41) is 4.26. The van der Waals surface area contributed by atoms with Crippen LogP contribution in [0.25, 0.3) is 10.9 Å². The van der Waals surface area contributed by atoms with Crippen LogP contribution in [-0.4, -0.2) is 30.5 Å². The van der Waals surface area contributed by atoms with Gasteiger partial charge in [-0.25, -0.2) is 23.4 Å². The number of anilines is 3. The molecule has 2 N–H and O–H groups in total. The molecule has 0 fully saturated rings. The number of nitrogens with zero attached hydrogens (tertiary/aromatic N) is 3. The van der Waals surface area contributed by atoms with Crippen molar-refractivity contribution in [3.63, 3.8) is 0 Å². The number of fused-ring (bicyclic) bond motifs is 1. The van der Waals surface area contributed by atoms with Gasteiger partial charge < -0.3 is 10.1 Å². The minimum atomic E-state index is -3.78. The number of benzene rings is 2. The van der Waals surface area contributed by atoms with Crippen LogP contribution in [-0.2, 0) is 10.0 Å². The van der Waals surface area contributed by atoms with Crippen LogP contribution in [0.15, 0.2) is 59.5 Å². The summed E-state index contributed by atoms with van der Waals surface area (Å²) in [5.74, 6) is 1.43. The number of aryl methyl sites for hydroxylation is 3. The van der Waals surface area contributed by atoms with Gasteiger partial charge in [-0.15, -0.1) is 0 Å². The highest BCUT2D eigenvalue weighted by Crippen LogP contribution is 2.32. The van der Waals surface area contributed by atoms with Gasteiger partial charge in [-0.2, -0.15) is 0 Å². The SMILES string of the molecule is COc1cccc2c(Nc3ccc(S(=O)(=O)Nc4cc(C)nc(C)n4)cc3)cc(C)nc12. The van der Waals surface area contributed by atoms with Crippen LogP contribution in [0.5, 0.6) is 5.75 Å². The molecule has 0 aliphatic carbocycles. The number of hydrogen-bond acceptors (Lipinski definition) is 7. The lowest BCUT2D eigenvalue weighted by Gasteiger charge is -2.13. The van der Waals surface area contributed by atoms with Gasteiger partial charge in [0.15, 0.2) is 0 Å². The molecule has 32 heavy (non-hydrogen) atoms.